The van der Waals surface area contributed by atoms with Crippen LogP contribution in [0.25, 0.3) is 0 Å². The number of hydrogen-bond acceptors (Lipinski definition) is 3. The van der Waals surface area contributed by atoms with Gasteiger partial charge >= 0.3 is 0 Å². The molecule has 0 aliphatic carbocycles. The fraction of sp³-hybridized carbons (Fsp3) is 0. The van der Waals surface area contributed by atoms with Crippen molar-refractivity contribution in [3.05, 3.63) is 46.3 Å². The van der Waals surface area contributed by atoms with E-state index in [0.29, 0.717) is 5.15 Å². The molecule has 0 spiro atoms. The van der Waals surface area contributed by atoms with Crippen LogP contribution in [-0.2, 0) is 0 Å². The van der Waals surface area contributed by atoms with Crippen molar-refractivity contribution >= 4 is 39.3 Å². The number of hydrogen-bond donors (Lipinski definition) is 0. The molecule has 0 aliphatic heterocycles. The average Bonchev–Trinajstić information content (AvgIpc) is 2.22. The first-order valence-electron chi connectivity index (χ1n) is 4.15. The van der Waals surface area contributed by atoms with E-state index in [-0.39, 0.29) is 0 Å². The van der Waals surface area contributed by atoms with Gasteiger partial charge in [-0.05, 0) is 40.2 Å². The molecule has 0 saturated carbocycles. The summed E-state index contributed by atoms with van der Waals surface area (Å²) < 4.78 is 0.975. The quantitative estimate of drug-likeness (QED) is 0.783. The summed E-state index contributed by atoms with van der Waals surface area (Å²) in [5.41, 5.74) is 0. The fourth-order valence-corrected chi connectivity index (χ4v) is 2.54. The Bertz CT molecular complexity index is 478. The molecular formula is C10H6BrClN2S. The lowest BCUT2D eigenvalue weighted by Gasteiger charge is -2.02. The topological polar surface area (TPSA) is 25.8 Å². The maximum atomic E-state index is 5.79. The molecule has 0 aromatic carbocycles. The maximum Gasteiger partial charge on any atom is 0.130 e. The van der Waals surface area contributed by atoms with Crippen molar-refractivity contribution in [1.29, 1.82) is 0 Å². The molecule has 5 heteroatoms. The maximum absolute atomic E-state index is 5.79. The summed E-state index contributed by atoms with van der Waals surface area (Å²) in [4.78, 5) is 9.20. The Morgan fingerprint density at radius 1 is 1.20 bits per heavy atom. The molecule has 0 N–H and O–H groups in total. The second kappa shape index (κ2) is 4.96. The highest BCUT2D eigenvalue weighted by atomic mass is 79.9. The Morgan fingerprint density at radius 2 is 2.07 bits per heavy atom. The van der Waals surface area contributed by atoms with Crippen LogP contribution in [0.2, 0.25) is 5.15 Å². The monoisotopic (exact) mass is 300 g/mol. The predicted octanol–water partition coefficient (Wildman–Crippen LogP) is 4.04. The summed E-state index contributed by atoms with van der Waals surface area (Å²) in [6.45, 7) is 0. The summed E-state index contributed by atoms with van der Waals surface area (Å²) in [7, 11) is 0. The zero-order chi connectivity index (χ0) is 10.7. The molecule has 0 bridgehead atoms. The zero-order valence-corrected chi connectivity index (χ0v) is 10.7. The van der Waals surface area contributed by atoms with Crippen LogP contribution in [-0.4, -0.2) is 9.97 Å². The van der Waals surface area contributed by atoms with E-state index in [4.69, 9.17) is 11.6 Å². The van der Waals surface area contributed by atoms with Crippen molar-refractivity contribution in [3.8, 4) is 0 Å². The molecular weight excluding hydrogens is 296 g/mol. The van der Waals surface area contributed by atoms with E-state index >= 15 is 0 Å². The molecule has 0 saturated heterocycles. The lowest BCUT2D eigenvalue weighted by Crippen LogP contribution is -1.81. The van der Waals surface area contributed by atoms with Crippen LogP contribution >= 0.6 is 39.3 Å². The van der Waals surface area contributed by atoms with Gasteiger partial charge in [-0.1, -0.05) is 23.4 Å². The third-order valence-corrected chi connectivity index (χ3v) is 3.75. The number of pyridine rings is 2. The molecule has 2 aromatic heterocycles. The van der Waals surface area contributed by atoms with E-state index < -0.39 is 0 Å². The van der Waals surface area contributed by atoms with Gasteiger partial charge in [-0.15, -0.1) is 0 Å². The summed E-state index contributed by atoms with van der Waals surface area (Å²) in [6, 6.07) is 7.55. The molecule has 0 atom stereocenters. The van der Waals surface area contributed by atoms with Crippen molar-refractivity contribution in [3.63, 3.8) is 0 Å². The summed E-state index contributed by atoms with van der Waals surface area (Å²) in [5.74, 6) is 0. The fourth-order valence-electron chi connectivity index (χ4n) is 1.01. The Hall–Kier alpha value is -0.580. The van der Waals surface area contributed by atoms with Crippen LogP contribution in [0.1, 0.15) is 0 Å². The van der Waals surface area contributed by atoms with E-state index in [9.17, 15) is 0 Å². The molecule has 0 radical (unpaired) electrons. The van der Waals surface area contributed by atoms with Gasteiger partial charge in [0.1, 0.15) is 10.2 Å². The Labute approximate surface area is 105 Å². The van der Waals surface area contributed by atoms with Gasteiger partial charge in [0.05, 0.1) is 4.47 Å². The van der Waals surface area contributed by atoms with Gasteiger partial charge in [-0.2, -0.15) is 0 Å². The van der Waals surface area contributed by atoms with E-state index in [1.807, 2.05) is 24.3 Å². The minimum absolute atomic E-state index is 0.493. The van der Waals surface area contributed by atoms with Crippen molar-refractivity contribution in [2.75, 3.05) is 0 Å². The largest absolute Gasteiger partial charge is 0.248 e. The Morgan fingerprint density at radius 3 is 2.80 bits per heavy atom. The molecule has 0 fully saturated rings. The van der Waals surface area contributed by atoms with Gasteiger partial charge in [0, 0.05) is 17.3 Å². The number of aromatic nitrogens is 2. The highest BCUT2D eigenvalue weighted by Gasteiger charge is 2.03. The number of nitrogens with zero attached hydrogens (tertiary/aromatic N) is 2. The van der Waals surface area contributed by atoms with Gasteiger partial charge in [0.15, 0.2) is 0 Å². The van der Waals surface area contributed by atoms with Crippen LogP contribution in [0.5, 0.6) is 0 Å². The van der Waals surface area contributed by atoms with Crippen molar-refractivity contribution < 1.29 is 0 Å². The normalized spacial score (nSPS) is 10.3. The minimum atomic E-state index is 0.493. The first kappa shape index (κ1) is 10.9. The molecule has 76 valence electrons. The van der Waals surface area contributed by atoms with Crippen molar-refractivity contribution in [2.24, 2.45) is 0 Å². The first-order valence-corrected chi connectivity index (χ1v) is 6.14. The average molecular weight is 302 g/mol. The summed E-state index contributed by atoms with van der Waals surface area (Å²) in [5, 5.41) is 1.41. The number of halogens is 2. The van der Waals surface area contributed by atoms with Crippen LogP contribution in [0, 0.1) is 0 Å². The summed E-state index contributed by atoms with van der Waals surface area (Å²) >= 11 is 10.8. The molecule has 2 rings (SSSR count). The van der Waals surface area contributed by atoms with Crippen LogP contribution < -0.4 is 0 Å². The zero-order valence-electron chi connectivity index (χ0n) is 7.52. The van der Waals surface area contributed by atoms with E-state index in [1.165, 1.54) is 0 Å². The second-order valence-electron chi connectivity index (χ2n) is 2.71. The number of rotatable bonds is 2. The van der Waals surface area contributed by atoms with Crippen LogP contribution in [0.4, 0.5) is 0 Å². The van der Waals surface area contributed by atoms with Gasteiger partial charge in [0.2, 0.25) is 0 Å². The van der Waals surface area contributed by atoms with Crippen LogP contribution in [0.15, 0.2) is 51.1 Å². The van der Waals surface area contributed by atoms with Crippen molar-refractivity contribution in [1.82, 2.24) is 9.97 Å². The van der Waals surface area contributed by atoms with Crippen molar-refractivity contribution in [2.45, 2.75) is 9.92 Å². The third kappa shape index (κ3) is 2.93. The summed E-state index contributed by atoms with van der Waals surface area (Å²) in [6.07, 6.45) is 3.44. The Kier molecular flexibility index (Phi) is 3.61. The van der Waals surface area contributed by atoms with E-state index in [0.717, 1.165) is 14.4 Å². The van der Waals surface area contributed by atoms with Gasteiger partial charge in [-0.25, -0.2) is 9.97 Å². The minimum Gasteiger partial charge on any atom is -0.248 e. The van der Waals surface area contributed by atoms with E-state index in [2.05, 4.69) is 25.9 Å². The highest BCUT2D eigenvalue weighted by molar-refractivity contribution is 9.10. The molecule has 15 heavy (non-hydrogen) atoms. The first-order chi connectivity index (χ1) is 7.25. The molecule has 2 nitrogen and oxygen atoms in total. The second-order valence-corrected chi connectivity index (χ2v) is 5.01. The Balaban J connectivity index is 2.26. The molecule has 0 amide bonds. The predicted molar refractivity (Wildman–Crippen MR) is 65.3 cm³/mol. The van der Waals surface area contributed by atoms with Gasteiger partial charge in [-0.3, -0.25) is 0 Å². The molecule has 2 heterocycles. The lowest BCUT2D eigenvalue weighted by atomic mass is 10.5. The lowest BCUT2D eigenvalue weighted by molar-refractivity contribution is 1.11. The highest BCUT2D eigenvalue weighted by Crippen LogP contribution is 2.31. The third-order valence-electron chi connectivity index (χ3n) is 1.64. The van der Waals surface area contributed by atoms with E-state index in [1.54, 1.807) is 24.2 Å². The SMILES string of the molecule is Clc1cc(Sc2ncccc2Br)ccn1. The molecule has 0 aliphatic rings. The standard InChI is InChI=1S/C10H6BrClN2S/c11-8-2-1-4-14-10(8)15-7-3-5-13-9(12)6-7/h1-6H. The van der Waals surface area contributed by atoms with Gasteiger partial charge in [0.25, 0.3) is 0 Å². The smallest absolute Gasteiger partial charge is 0.130 e. The van der Waals surface area contributed by atoms with Gasteiger partial charge < -0.3 is 0 Å². The molecule has 0 unspecified atom stereocenters. The van der Waals surface area contributed by atoms with Crippen LogP contribution in [0.3, 0.4) is 0 Å². The molecule has 2 aromatic rings.